The number of aromatic nitrogens is 1. The van der Waals surface area contributed by atoms with Gasteiger partial charge < -0.3 is 11.5 Å². The summed E-state index contributed by atoms with van der Waals surface area (Å²) in [6, 6.07) is 7.41. The van der Waals surface area contributed by atoms with Crippen molar-refractivity contribution in [2.24, 2.45) is 5.73 Å². The fourth-order valence-electron chi connectivity index (χ4n) is 1.61. The molecule has 0 aliphatic carbocycles. The van der Waals surface area contributed by atoms with Crippen LogP contribution in [0.15, 0.2) is 41.0 Å². The molecule has 0 amide bonds. The van der Waals surface area contributed by atoms with Crippen LogP contribution in [0.3, 0.4) is 0 Å². The molecule has 0 aliphatic heterocycles. The van der Waals surface area contributed by atoms with Crippen LogP contribution in [0.2, 0.25) is 0 Å². The van der Waals surface area contributed by atoms with E-state index in [1.807, 2.05) is 0 Å². The molecule has 0 radical (unpaired) electrons. The highest BCUT2D eigenvalue weighted by Gasteiger charge is 2.15. The summed E-state index contributed by atoms with van der Waals surface area (Å²) in [4.78, 5) is 3.97. The van der Waals surface area contributed by atoms with Crippen LogP contribution in [0.5, 0.6) is 0 Å². The van der Waals surface area contributed by atoms with E-state index in [9.17, 15) is 4.39 Å². The number of anilines is 1. The lowest BCUT2D eigenvalue weighted by molar-refractivity contribution is 0.623. The molecule has 0 aliphatic rings. The first kappa shape index (κ1) is 12.0. The number of hydrogen-bond donors (Lipinski definition) is 2. The largest absolute Gasteiger partial charge is 0.383 e. The summed E-state index contributed by atoms with van der Waals surface area (Å²) in [7, 11) is 0. The highest BCUT2D eigenvalue weighted by atomic mass is 79.9. The lowest BCUT2D eigenvalue weighted by atomic mass is 10.0. The van der Waals surface area contributed by atoms with Crippen LogP contribution in [-0.4, -0.2) is 4.98 Å². The van der Waals surface area contributed by atoms with Gasteiger partial charge in [-0.2, -0.15) is 0 Å². The Kier molecular flexibility index (Phi) is 3.40. The summed E-state index contributed by atoms with van der Waals surface area (Å²) in [5.41, 5.74) is 13.1. The lowest BCUT2D eigenvalue weighted by Crippen LogP contribution is -2.15. The molecule has 88 valence electrons. The van der Waals surface area contributed by atoms with Gasteiger partial charge >= 0.3 is 0 Å². The first-order chi connectivity index (χ1) is 8.09. The second-order valence-electron chi connectivity index (χ2n) is 3.62. The third-order valence-electron chi connectivity index (χ3n) is 2.50. The molecule has 0 bridgehead atoms. The van der Waals surface area contributed by atoms with Crippen molar-refractivity contribution in [2.75, 3.05) is 5.73 Å². The van der Waals surface area contributed by atoms with Gasteiger partial charge in [0.15, 0.2) is 0 Å². The second kappa shape index (κ2) is 4.81. The van der Waals surface area contributed by atoms with E-state index in [0.29, 0.717) is 16.9 Å². The van der Waals surface area contributed by atoms with Gasteiger partial charge in [-0.05, 0) is 29.8 Å². The molecule has 2 aromatic rings. The normalized spacial score (nSPS) is 12.4. The minimum atomic E-state index is -0.506. The monoisotopic (exact) mass is 295 g/mol. The highest BCUT2D eigenvalue weighted by molar-refractivity contribution is 9.10. The summed E-state index contributed by atoms with van der Waals surface area (Å²) in [6.07, 6.45) is 1.59. The first-order valence-corrected chi connectivity index (χ1v) is 5.80. The molecule has 17 heavy (non-hydrogen) atoms. The number of halogens is 2. The fourth-order valence-corrected chi connectivity index (χ4v) is 2.11. The molecule has 0 saturated carbocycles. The molecular weight excluding hydrogens is 285 g/mol. The van der Waals surface area contributed by atoms with Crippen molar-refractivity contribution >= 4 is 21.7 Å². The Morgan fingerprint density at radius 2 is 2.00 bits per heavy atom. The van der Waals surface area contributed by atoms with Crippen molar-refractivity contribution in [3.8, 4) is 0 Å². The van der Waals surface area contributed by atoms with E-state index in [0.717, 1.165) is 4.47 Å². The molecule has 0 fully saturated rings. The van der Waals surface area contributed by atoms with E-state index >= 15 is 0 Å². The predicted octanol–water partition coefficient (Wildman–Crippen LogP) is 2.61. The van der Waals surface area contributed by atoms with Gasteiger partial charge in [0.25, 0.3) is 0 Å². The molecule has 3 nitrogen and oxygen atoms in total. The summed E-state index contributed by atoms with van der Waals surface area (Å²) < 4.78 is 13.9. The Balaban J connectivity index is 2.47. The number of benzene rings is 1. The Bertz CT molecular complexity index is 545. The highest BCUT2D eigenvalue weighted by Crippen LogP contribution is 2.29. The van der Waals surface area contributed by atoms with Crippen LogP contribution < -0.4 is 11.5 Å². The maximum atomic E-state index is 13.2. The summed E-state index contributed by atoms with van der Waals surface area (Å²) >= 11 is 3.35. The number of nitrogens with zero attached hydrogens (tertiary/aromatic N) is 1. The van der Waals surface area contributed by atoms with E-state index in [1.54, 1.807) is 24.4 Å². The number of nitrogens with two attached hydrogens (primary N) is 2. The average Bonchev–Trinajstić information content (AvgIpc) is 2.32. The Hall–Kier alpha value is -1.46. The Morgan fingerprint density at radius 1 is 1.24 bits per heavy atom. The SMILES string of the molecule is Nc1ncccc1C(N)c1cc(F)ccc1Br. The topological polar surface area (TPSA) is 64.9 Å². The molecule has 1 unspecified atom stereocenters. The minimum Gasteiger partial charge on any atom is -0.383 e. The van der Waals surface area contributed by atoms with Crippen LogP contribution in [0, 0.1) is 5.82 Å². The smallest absolute Gasteiger partial charge is 0.128 e. The zero-order chi connectivity index (χ0) is 12.4. The van der Waals surface area contributed by atoms with Crippen LogP contribution >= 0.6 is 15.9 Å². The van der Waals surface area contributed by atoms with Crippen LogP contribution in [-0.2, 0) is 0 Å². The molecule has 1 heterocycles. The fraction of sp³-hybridized carbons (Fsp3) is 0.0833. The van der Waals surface area contributed by atoms with Crippen molar-refractivity contribution < 1.29 is 4.39 Å². The molecular formula is C12H11BrFN3. The molecule has 2 rings (SSSR count). The van der Waals surface area contributed by atoms with Gasteiger partial charge in [0.05, 0.1) is 6.04 Å². The van der Waals surface area contributed by atoms with Crippen molar-refractivity contribution in [3.63, 3.8) is 0 Å². The van der Waals surface area contributed by atoms with E-state index in [4.69, 9.17) is 11.5 Å². The minimum absolute atomic E-state index is 0.332. The van der Waals surface area contributed by atoms with Crippen molar-refractivity contribution in [1.82, 2.24) is 4.98 Å². The summed E-state index contributed by atoms with van der Waals surface area (Å²) in [6.45, 7) is 0. The van der Waals surface area contributed by atoms with E-state index < -0.39 is 6.04 Å². The second-order valence-corrected chi connectivity index (χ2v) is 4.48. The quantitative estimate of drug-likeness (QED) is 0.895. The van der Waals surface area contributed by atoms with Crippen LogP contribution in [0.4, 0.5) is 10.2 Å². The maximum Gasteiger partial charge on any atom is 0.128 e. The predicted molar refractivity (Wildman–Crippen MR) is 68.8 cm³/mol. The molecule has 4 N–H and O–H groups in total. The van der Waals surface area contributed by atoms with E-state index in [2.05, 4.69) is 20.9 Å². The van der Waals surface area contributed by atoms with Gasteiger partial charge in [-0.3, -0.25) is 0 Å². The number of nitrogen functional groups attached to an aromatic ring is 1. The van der Waals surface area contributed by atoms with Crippen LogP contribution in [0.1, 0.15) is 17.2 Å². The van der Waals surface area contributed by atoms with Gasteiger partial charge in [0.2, 0.25) is 0 Å². The van der Waals surface area contributed by atoms with Crippen molar-refractivity contribution in [1.29, 1.82) is 0 Å². The summed E-state index contributed by atoms with van der Waals surface area (Å²) in [5, 5.41) is 0. The Labute approximate surface area is 107 Å². The van der Waals surface area contributed by atoms with E-state index in [-0.39, 0.29) is 5.82 Å². The molecule has 5 heteroatoms. The molecule has 0 saturated heterocycles. The van der Waals surface area contributed by atoms with Gasteiger partial charge in [-0.1, -0.05) is 22.0 Å². The van der Waals surface area contributed by atoms with Crippen molar-refractivity contribution in [2.45, 2.75) is 6.04 Å². The molecule has 1 aromatic heterocycles. The van der Waals surface area contributed by atoms with Gasteiger partial charge in [-0.25, -0.2) is 9.37 Å². The number of hydrogen-bond acceptors (Lipinski definition) is 3. The third kappa shape index (κ3) is 2.45. The maximum absolute atomic E-state index is 13.2. The zero-order valence-corrected chi connectivity index (χ0v) is 10.5. The van der Waals surface area contributed by atoms with Gasteiger partial charge in [-0.15, -0.1) is 0 Å². The van der Waals surface area contributed by atoms with E-state index in [1.165, 1.54) is 12.1 Å². The summed E-state index contributed by atoms with van der Waals surface area (Å²) in [5.74, 6) is 0.0253. The third-order valence-corrected chi connectivity index (χ3v) is 3.22. The van der Waals surface area contributed by atoms with Gasteiger partial charge in [0, 0.05) is 16.2 Å². The standard InChI is InChI=1S/C12H11BrFN3/c13-10-4-3-7(14)6-9(10)11(15)8-2-1-5-17-12(8)16/h1-6,11H,15H2,(H2,16,17). The van der Waals surface area contributed by atoms with Crippen molar-refractivity contribution in [3.05, 3.63) is 57.9 Å². The van der Waals surface area contributed by atoms with Crippen LogP contribution in [0.25, 0.3) is 0 Å². The lowest BCUT2D eigenvalue weighted by Gasteiger charge is -2.15. The molecule has 0 spiro atoms. The Morgan fingerprint density at radius 3 is 2.71 bits per heavy atom. The zero-order valence-electron chi connectivity index (χ0n) is 8.90. The molecule has 1 atom stereocenters. The average molecular weight is 296 g/mol. The number of pyridine rings is 1. The molecule has 1 aromatic carbocycles. The number of rotatable bonds is 2. The van der Waals surface area contributed by atoms with Gasteiger partial charge in [0.1, 0.15) is 11.6 Å². The first-order valence-electron chi connectivity index (χ1n) is 5.00.